The molecule has 0 atom stereocenters. The predicted octanol–water partition coefficient (Wildman–Crippen LogP) is -3.01. The molecule has 0 aromatic rings. The van der Waals surface area contributed by atoms with Gasteiger partial charge in [0.05, 0.1) is 0 Å². The summed E-state index contributed by atoms with van der Waals surface area (Å²) in [4.78, 5) is 46.5. The molecular formula is C6H10Fe2O7S2. The van der Waals surface area contributed by atoms with Gasteiger partial charge in [-0.1, -0.05) is 0 Å². The van der Waals surface area contributed by atoms with Crippen molar-refractivity contribution in [3.8, 4) is 0 Å². The first-order chi connectivity index (χ1) is 6.00. The van der Waals surface area contributed by atoms with Gasteiger partial charge in [-0.25, -0.2) is 0 Å². The summed E-state index contributed by atoms with van der Waals surface area (Å²) in [6.45, 7) is 19.5. The SMILES string of the molecule is O.[CH-]=O.[CH-]=O.[CH-]=O.[CH-]=O.[CH-]=O.[CH-]=O.[Fe+2].[Fe+6].[SH-].[SH-]. The summed E-state index contributed by atoms with van der Waals surface area (Å²) in [6, 6.07) is 0. The van der Waals surface area contributed by atoms with Gasteiger partial charge in [-0.15, -0.1) is 0 Å². The summed E-state index contributed by atoms with van der Waals surface area (Å²) in [5.74, 6) is 0. The first kappa shape index (κ1) is 126. The molecular weight excluding hydrogens is 360 g/mol. The van der Waals surface area contributed by atoms with E-state index in [1.807, 2.05) is 0 Å². The molecule has 0 aromatic heterocycles. The van der Waals surface area contributed by atoms with E-state index >= 15 is 0 Å². The van der Waals surface area contributed by atoms with Crippen molar-refractivity contribution in [1.82, 2.24) is 0 Å². The molecule has 0 aliphatic rings. The monoisotopic (exact) mass is 370 g/mol. The van der Waals surface area contributed by atoms with Crippen molar-refractivity contribution in [3.05, 3.63) is 0 Å². The minimum atomic E-state index is 0. The summed E-state index contributed by atoms with van der Waals surface area (Å²) in [5, 5.41) is 0. The molecule has 0 rings (SSSR count). The van der Waals surface area contributed by atoms with Gasteiger partial charge in [-0.2, -0.15) is 0 Å². The van der Waals surface area contributed by atoms with Crippen molar-refractivity contribution in [2.45, 2.75) is 0 Å². The van der Waals surface area contributed by atoms with Gasteiger partial charge in [0.2, 0.25) is 0 Å². The van der Waals surface area contributed by atoms with Crippen LogP contribution in [0.5, 0.6) is 0 Å². The van der Waals surface area contributed by atoms with Crippen LogP contribution in [0, 0.1) is 0 Å². The van der Waals surface area contributed by atoms with Gasteiger partial charge in [0, 0.05) is 0 Å². The average Bonchev–Trinajstić information content (AvgIpc) is 2.33. The molecule has 0 aromatic carbocycles. The Bertz CT molecular complexity index is 45.8. The van der Waals surface area contributed by atoms with E-state index < -0.39 is 0 Å². The Hall–Kier alpha value is -0.281. The maximum absolute atomic E-state index is 7.75. The Morgan fingerprint density at radius 1 is 0.412 bits per heavy atom. The van der Waals surface area contributed by atoms with Gasteiger partial charge in [-0.05, 0) is 0 Å². The first-order valence-corrected chi connectivity index (χ1v) is 1.41. The van der Waals surface area contributed by atoms with Crippen LogP contribution in [0.15, 0.2) is 0 Å². The second kappa shape index (κ2) is 43100. The fourth-order valence-corrected chi connectivity index (χ4v) is 0. The summed E-state index contributed by atoms with van der Waals surface area (Å²) < 4.78 is 0. The molecule has 0 heterocycles. The van der Waals surface area contributed by atoms with E-state index in [2.05, 4.69) is 40.7 Å². The van der Waals surface area contributed by atoms with Crippen LogP contribution in [0.3, 0.4) is 0 Å². The first-order valence-electron chi connectivity index (χ1n) is 1.41. The summed E-state index contributed by atoms with van der Waals surface area (Å²) in [7, 11) is 0. The Morgan fingerprint density at radius 2 is 0.412 bits per heavy atom. The van der Waals surface area contributed by atoms with Gasteiger partial charge in [-0.3, -0.25) is 40.7 Å². The van der Waals surface area contributed by atoms with E-state index in [0.29, 0.717) is 0 Å². The van der Waals surface area contributed by atoms with Crippen molar-refractivity contribution < 1.29 is 68.4 Å². The molecule has 0 radical (unpaired) electrons. The standard InChI is InChI=1S/6CHO.2Fe.H2O.2H2S/c6*1-2;;;;;/h6*1H;;;3*1H2/q6*-1;+2;+6;;;/p-2. The molecule has 0 fully saturated rings. The number of hydrogen-bond donors (Lipinski definition) is 0. The normalized spacial score (nSPS) is 1.41. The zero-order valence-corrected chi connectivity index (χ0v) is 12.0. The van der Waals surface area contributed by atoms with Crippen LogP contribution in [0.2, 0.25) is 0 Å². The van der Waals surface area contributed by atoms with E-state index in [1.54, 1.807) is 0 Å². The van der Waals surface area contributed by atoms with Crippen molar-refractivity contribution in [3.63, 3.8) is 0 Å². The van der Waals surface area contributed by atoms with E-state index in [4.69, 9.17) is 28.8 Å². The molecule has 17 heavy (non-hydrogen) atoms. The number of carbonyl (C=O) groups excluding carboxylic acids is 6. The second-order valence-electron chi connectivity index (χ2n) is 0. The van der Waals surface area contributed by atoms with E-state index in [-0.39, 0.29) is 66.6 Å². The molecule has 0 aliphatic carbocycles. The molecule has 0 bridgehead atoms. The van der Waals surface area contributed by atoms with Gasteiger partial charge >= 0.3 is 34.1 Å². The molecule has 11 heteroatoms. The van der Waals surface area contributed by atoms with Crippen LogP contribution in [-0.2, 0) is 89.9 Å². The minimum Gasteiger partial charge on any atom is -0.813 e. The molecule has 0 unspecified atom stereocenters. The van der Waals surface area contributed by atoms with Gasteiger partial charge in [0.25, 0.3) is 0 Å². The molecule has 7 nitrogen and oxygen atoms in total. The predicted molar refractivity (Wildman–Crippen MR) is 61.6 cm³/mol. The quantitative estimate of drug-likeness (QED) is 0.145. The molecule has 0 saturated heterocycles. The Morgan fingerprint density at radius 3 is 0.412 bits per heavy atom. The van der Waals surface area contributed by atoms with Crippen LogP contribution in [0.25, 0.3) is 0 Å². The van der Waals surface area contributed by atoms with Crippen molar-refractivity contribution in [2.24, 2.45) is 0 Å². The fourth-order valence-electron chi connectivity index (χ4n) is 0. The van der Waals surface area contributed by atoms with Crippen LogP contribution in [-0.4, -0.2) is 46.2 Å². The number of thiol groups is 2. The molecule has 0 amide bonds. The third-order valence-corrected chi connectivity index (χ3v) is 0. The summed E-state index contributed by atoms with van der Waals surface area (Å²) in [6.07, 6.45) is 0. The second-order valence-corrected chi connectivity index (χ2v) is 0. The molecule has 0 saturated carbocycles. The zero-order valence-electron chi connectivity index (χ0n) is 8.02. The third-order valence-electron chi connectivity index (χ3n) is 0. The molecule has 2 N–H and O–H groups in total. The van der Waals surface area contributed by atoms with Crippen molar-refractivity contribution in [1.29, 1.82) is 0 Å². The largest absolute Gasteiger partial charge is 6.00 e. The zero-order chi connectivity index (χ0) is 12.0. The van der Waals surface area contributed by atoms with E-state index in [1.165, 1.54) is 0 Å². The maximum atomic E-state index is 7.75. The van der Waals surface area contributed by atoms with Crippen LogP contribution in [0.4, 0.5) is 0 Å². The topological polar surface area (TPSA) is 134 Å². The van der Waals surface area contributed by atoms with Gasteiger partial charge in [0.1, 0.15) is 0 Å². The average molecular weight is 370 g/mol. The molecule has 104 valence electrons. The maximum Gasteiger partial charge on any atom is 6.00 e. The molecule has 0 spiro atoms. The molecule has 0 aliphatic heterocycles. The summed E-state index contributed by atoms with van der Waals surface area (Å²) >= 11 is 0. The summed E-state index contributed by atoms with van der Waals surface area (Å²) in [5.41, 5.74) is 0. The Labute approximate surface area is 136 Å². The van der Waals surface area contributed by atoms with Crippen LogP contribution < -0.4 is 0 Å². The van der Waals surface area contributed by atoms with Gasteiger partial charge in [0.15, 0.2) is 0 Å². The minimum absolute atomic E-state index is 0. The Balaban J connectivity index is -0.00000000267. The van der Waals surface area contributed by atoms with Gasteiger partial charge < -0.3 is 61.2 Å². The van der Waals surface area contributed by atoms with Crippen LogP contribution >= 0.6 is 0 Å². The number of rotatable bonds is 0. The van der Waals surface area contributed by atoms with Crippen molar-refractivity contribution in [2.75, 3.05) is 0 Å². The third kappa shape index (κ3) is 37500. The number of hydrogen-bond acceptors (Lipinski definition) is 8. The smallest absolute Gasteiger partial charge is 0.813 e. The van der Waals surface area contributed by atoms with Crippen LogP contribution in [0.1, 0.15) is 0 Å². The fraction of sp³-hybridized carbons (Fsp3) is 0. The van der Waals surface area contributed by atoms with Crippen molar-refractivity contribution >= 4 is 67.7 Å². The van der Waals surface area contributed by atoms with E-state index in [0.717, 1.165) is 0 Å². The Kier molecular flexibility index (Phi) is 320000. The van der Waals surface area contributed by atoms with E-state index in [9.17, 15) is 0 Å².